The van der Waals surface area contributed by atoms with Crippen molar-refractivity contribution in [2.75, 3.05) is 6.54 Å². The molecule has 1 aliphatic carbocycles. The van der Waals surface area contributed by atoms with Crippen molar-refractivity contribution >= 4 is 17.5 Å². The minimum absolute atomic E-state index is 0.134. The maximum absolute atomic E-state index is 12.9. The molecule has 1 saturated heterocycles. The van der Waals surface area contributed by atoms with Crippen LogP contribution in [-0.4, -0.2) is 22.3 Å². The molecular formula is C22H25ClN2O. The van der Waals surface area contributed by atoms with Crippen molar-refractivity contribution in [3.05, 3.63) is 64.4 Å². The van der Waals surface area contributed by atoms with Crippen molar-refractivity contribution in [1.29, 1.82) is 0 Å². The molecule has 2 aliphatic rings. The van der Waals surface area contributed by atoms with E-state index in [0.29, 0.717) is 5.91 Å². The Kier molecular flexibility index (Phi) is 5.26. The summed E-state index contributed by atoms with van der Waals surface area (Å²) in [6, 6.07) is 14.2. The Morgan fingerprint density at radius 2 is 1.85 bits per heavy atom. The molecule has 26 heavy (non-hydrogen) atoms. The van der Waals surface area contributed by atoms with Crippen molar-refractivity contribution < 1.29 is 4.79 Å². The third kappa shape index (κ3) is 3.64. The number of pyridine rings is 1. The highest BCUT2D eigenvalue weighted by molar-refractivity contribution is 6.31. The smallest absolute Gasteiger partial charge is 0.226 e. The SMILES string of the molecule is O=C(C1CCCC1)N1CCC[C@H]1c1cccc(Cc2ccccc2Cl)n1. The molecule has 1 atom stereocenters. The number of carbonyl (C=O) groups excluding carboxylic acids is 1. The van der Waals surface area contributed by atoms with Gasteiger partial charge >= 0.3 is 0 Å². The first kappa shape index (κ1) is 17.5. The van der Waals surface area contributed by atoms with E-state index < -0.39 is 0 Å². The average Bonchev–Trinajstić information content (AvgIpc) is 3.35. The standard InChI is InChI=1S/C22H25ClN2O/c23-19-11-4-3-9-17(19)15-18-10-5-12-20(24-18)21-13-6-14-25(21)22(26)16-7-1-2-8-16/h3-5,9-12,16,21H,1-2,6-8,13-15H2/t21-/m0/s1. The van der Waals surface area contributed by atoms with Crippen LogP contribution in [0.3, 0.4) is 0 Å². The van der Waals surface area contributed by atoms with Crippen LogP contribution in [0.25, 0.3) is 0 Å². The average molecular weight is 369 g/mol. The molecule has 0 unspecified atom stereocenters. The minimum atomic E-state index is 0.134. The van der Waals surface area contributed by atoms with Gasteiger partial charge in [-0.1, -0.05) is 48.7 Å². The van der Waals surface area contributed by atoms with E-state index in [4.69, 9.17) is 16.6 Å². The highest BCUT2D eigenvalue weighted by atomic mass is 35.5. The van der Waals surface area contributed by atoms with Gasteiger partial charge in [0.05, 0.1) is 11.7 Å². The molecular weight excluding hydrogens is 344 g/mol. The van der Waals surface area contributed by atoms with Crippen molar-refractivity contribution in [1.82, 2.24) is 9.88 Å². The molecule has 1 aromatic heterocycles. The van der Waals surface area contributed by atoms with Gasteiger partial charge in [-0.3, -0.25) is 9.78 Å². The lowest BCUT2D eigenvalue weighted by Crippen LogP contribution is -2.35. The Morgan fingerprint density at radius 1 is 1.04 bits per heavy atom. The number of nitrogens with zero attached hydrogens (tertiary/aromatic N) is 2. The van der Waals surface area contributed by atoms with Crippen LogP contribution in [-0.2, 0) is 11.2 Å². The molecule has 2 aromatic rings. The van der Waals surface area contributed by atoms with E-state index in [9.17, 15) is 4.79 Å². The number of hydrogen-bond acceptors (Lipinski definition) is 2. The van der Waals surface area contributed by atoms with Crippen LogP contribution in [0.2, 0.25) is 5.02 Å². The molecule has 2 fully saturated rings. The maximum atomic E-state index is 12.9. The Hall–Kier alpha value is -1.87. The molecule has 0 radical (unpaired) electrons. The third-order valence-corrected chi connectivity index (χ3v) is 6.11. The van der Waals surface area contributed by atoms with Crippen LogP contribution in [0, 0.1) is 5.92 Å². The zero-order chi connectivity index (χ0) is 17.9. The Morgan fingerprint density at radius 3 is 2.65 bits per heavy atom. The zero-order valence-corrected chi connectivity index (χ0v) is 15.8. The summed E-state index contributed by atoms with van der Waals surface area (Å²) >= 11 is 6.30. The van der Waals surface area contributed by atoms with Crippen molar-refractivity contribution in [3.63, 3.8) is 0 Å². The van der Waals surface area contributed by atoms with Crippen molar-refractivity contribution in [2.45, 2.75) is 51.0 Å². The Balaban J connectivity index is 1.53. The summed E-state index contributed by atoms with van der Waals surface area (Å²) in [7, 11) is 0. The molecule has 0 bridgehead atoms. The number of halogens is 1. The second-order valence-corrected chi connectivity index (χ2v) is 7.90. The normalized spacial score (nSPS) is 20.7. The molecule has 1 amide bonds. The summed E-state index contributed by atoms with van der Waals surface area (Å²) in [5, 5.41) is 0.776. The van der Waals surface area contributed by atoms with Crippen LogP contribution in [0.5, 0.6) is 0 Å². The zero-order valence-electron chi connectivity index (χ0n) is 15.0. The number of hydrogen-bond donors (Lipinski definition) is 0. The van der Waals surface area contributed by atoms with Gasteiger partial charge in [0.15, 0.2) is 0 Å². The monoisotopic (exact) mass is 368 g/mol. The summed E-state index contributed by atoms with van der Waals surface area (Å²) in [4.78, 5) is 19.9. The van der Waals surface area contributed by atoms with Gasteiger partial charge in [-0.05, 0) is 49.4 Å². The van der Waals surface area contributed by atoms with E-state index >= 15 is 0 Å². The lowest BCUT2D eigenvalue weighted by atomic mass is 10.0. The topological polar surface area (TPSA) is 33.2 Å². The van der Waals surface area contributed by atoms with Gasteiger partial charge in [0.25, 0.3) is 0 Å². The summed E-state index contributed by atoms with van der Waals surface area (Å²) in [6.45, 7) is 0.871. The van der Waals surface area contributed by atoms with E-state index in [1.54, 1.807) is 0 Å². The van der Waals surface area contributed by atoms with Gasteiger partial charge in [0, 0.05) is 29.6 Å². The van der Waals surface area contributed by atoms with E-state index in [1.165, 1.54) is 12.8 Å². The third-order valence-electron chi connectivity index (χ3n) is 5.74. The predicted molar refractivity (Wildman–Crippen MR) is 104 cm³/mol. The van der Waals surface area contributed by atoms with Crippen molar-refractivity contribution in [3.8, 4) is 0 Å². The Bertz CT molecular complexity index is 785. The molecule has 1 aliphatic heterocycles. The van der Waals surface area contributed by atoms with Crippen LogP contribution in [0.15, 0.2) is 42.5 Å². The molecule has 2 heterocycles. The molecule has 4 heteroatoms. The second-order valence-electron chi connectivity index (χ2n) is 7.49. The number of carbonyl (C=O) groups is 1. The molecule has 0 spiro atoms. The lowest BCUT2D eigenvalue weighted by Gasteiger charge is -2.27. The van der Waals surface area contributed by atoms with Gasteiger partial charge in [-0.25, -0.2) is 0 Å². The number of likely N-dealkylation sites (tertiary alicyclic amines) is 1. The van der Waals surface area contributed by atoms with Gasteiger partial charge in [-0.15, -0.1) is 0 Å². The molecule has 4 rings (SSSR count). The van der Waals surface area contributed by atoms with Gasteiger partial charge < -0.3 is 4.90 Å². The highest BCUT2D eigenvalue weighted by Crippen LogP contribution is 2.35. The summed E-state index contributed by atoms with van der Waals surface area (Å²) in [5.74, 6) is 0.588. The van der Waals surface area contributed by atoms with Crippen molar-refractivity contribution in [2.24, 2.45) is 5.92 Å². The molecule has 136 valence electrons. The first-order valence-electron chi connectivity index (χ1n) is 9.72. The van der Waals surface area contributed by atoms with E-state index in [-0.39, 0.29) is 12.0 Å². The molecule has 1 saturated carbocycles. The second kappa shape index (κ2) is 7.79. The number of rotatable bonds is 4. The van der Waals surface area contributed by atoms with E-state index in [2.05, 4.69) is 17.0 Å². The van der Waals surface area contributed by atoms with Crippen LogP contribution in [0.1, 0.15) is 61.5 Å². The number of benzene rings is 1. The molecule has 3 nitrogen and oxygen atoms in total. The maximum Gasteiger partial charge on any atom is 0.226 e. The first-order valence-corrected chi connectivity index (χ1v) is 10.1. The summed E-state index contributed by atoms with van der Waals surface area (Å²) in [6.07, 6.45) is 7.31. The molecule has 1 aromatic carbocycles. The van der Waals surface area contributed by atoms with E-state index in [1.807, 2.05) is 30.3 Å². The number of amides is 1. The Labute approximate surface area is 160 Å². The van der Waals surface area contributed by atoms with Crippen LogP contribution < -0.4 is 0 Å². The fraction of sp³-hybridized carbons (Fsp3) is 0.455. The summed E-state index contributed by atoms with van der Waals surface area (Å²) in [5.41, 5.74) is 3.12. The minimum Gasteiger partial charge on any atom is -0.334 e. The summed E-state index contributed by atoms with van der Waals surface area (Å²) < 4.78 is 0. The quantitative estimate of drug-likeness (QED) is 0.744. The van der Waals surface area contributed by atoms with Gasteiger partial charge in [0.1, 0.15) is 0 Å². The van der Waals surface area contributed by atoms with Crippen LogP contribution in [0.4, 0.5) is 0 Å². The lowest BCUT2D eigenvalue weighted by molar-refractivity contribution is -0.136. The largest absolute Gasteiger partial charge is 0.334 e. The number of aromatic nitrogens is 1. The first-order chi connectivity index (χ1) is 12.7. The van der Waals surface area contributed by atoms with E-state index in [0.717, 1.165) is 60.6 Å². The highest BCUT2D eigenvalue weighted by Gasteiger charge is 2.35. The fourth-order valence-electron chi connectivity index (χ4n) is 4.36. The fourth-order valence-corrected chi connectivity index (χ4v) is 4.57. The molecule has 0 N–H and O–H groups in total. The van der Waals surface area contributed by atoms with Gasteiger partial charge in [0.2, 0.25) is 5.91 Å². The van der Waals surface area contributed by atoms with Crippen LogP contribution >= 0.6 is 11.6 Å². The van der Waals surface area contributed by atoms with Gasteiger partial charge in [-0.2, -0.15) is 0 Å². The predicted octanol–water partition coefficient (Wildman–Crippen LogP) is 5.18.